The SMILES string of the molecule is COC(=O)N[C@H]1C[C@]23CCO[C@@H]4[C@H]2[C@@H](C(=O)N4c2ccc(C#N)c(C(F)(F)F)c2)[C@@]1(C)O3. The van der Waals surface area contributed by atoms with Gasteiger partial charge in [-0.2, -0.15) is 18.4 Å². The van der Waals surface area contributed by atoms with Crippen LogP contribution in [0.2, 0.25) is 0 Å². The maximum Gasteiger partial charge on any atom is 0.417 e. The number of nitriles is 1. The molecule has 6 atom stereocenters. The molecule has 0 radical (unpaired) electrons. The van der Waals surface area contributed by atoms with Crippen molar-refractivity contribution in [3.8, 4) is 6.07 Å². The van der Waals surface area contributed by atoms with Crippen LogP contribution >= 0.6 is 0 Å². The van der Waals surface area contributed by atoms with Crippen LogP contribution in [0.4, 0.5) is 23.7 Å². The smallest absolute Gasteiger partial charge is 0.417 e. The number of methoxy groups -OCH3 is 1. The Bertz CT molecular complexity index is 1060. The maximum atomic E-state index is 13.6. The minimum absolute atomic E-state index is 0.0123. The number of ether oxygens (including phenoxy) is 3. The first-order valence-corrected chi connectivity index (χ1v) is 10.2. The minimum Gasteiger partial charge on any atom is -0.453 e. The standard InChI is InChI=1S/C21H20F3N3O5/c1-19-13(26-18(29)30-2)8-20(32-19)5-6-31-17-15(20)14(19)16(28)27(17)11-4-3-10(9-25)12(7-11)21(22,23)24/h3-4,7,13-15,17H,5-6,8H2,1-2H3,(H,26,29)/t13-,14-,15+,17+,19-,20+/m0/s1. The van der Waals surface area contributed by atoms with Gasteiger partial charge in [-0.1, -0.05) is 0 Å². The molecule has 4 saturated heterocycles. The van der Waals surface area contributed by atoms with Gasteiger partial charge < -0.3 is 19.5 Å². The van der Waals surface area contributed by atoms with Crippen molar-refractivity contribution >= 4 is 17.7 Å². The van der Waals surface area contributed by atoms with Gasteiger partial charge in [0.25, 0.3) is 0 Å². The van der Waals surface area contributed by atoms with E-state index in [1.807, 2.05) is 0 Å². The van der Waals surface area contributed by atoms with Crippen molar-refractivity contribution in [1.29, 1.82) is 5.26 Å². The van der Waals surface area contributed by atoms with Crippen molar-refractivity contribution in [2.75, 3.05) is 18.6 Å². The van der Waals surface area contributed by atoms with Crippen LogP contribution in [0.1, 0.15) is 30.9 Å². The van der Waals surface area contributed by atoms with Gasteiger partial charge in [0.15, 0.2) is 0 Å². The number of rotatable bonds is 2. The van der Waals surface area contributed by atoms with Crippen molar-refractivity contribution in [3.63, 3.8) is 0 Å². The zero-order valence-corrected chi connectivity index (χ0v) is 17.2. The molecule has 1 spiro atoms. The molecule has 4 fully saturated rings. The summed E-state index contributed by atoms with van der Waals surface area (Å²) >= 11 is 0. The highest BCUT2D eigenvalue weighted by Gasteiger charge is 2.78. The number of hydrogen-bond donors (Lipinski definition) is 1. The molecule has 4 aliphatic rings. The van der Waals surface area contributed by atoms with Gasteiger partial charge in [-0.25, -0.2) is 4.79 Å². The van der Waals surface area contributed by atoms with Crippen molar-refractivity contribution in [3.05, 3.63) is 29.3 Å². The van der Waals surface area contributed by atoms with E-state index in [0.29, 0.717) is 12.8 Å². The third kappa shape index (κ3) is 2.62. The van der Waals surface area contributed by atoms with Gasteiger partial charge in [0.05, 0.1) is 54.1 Å². The van der Waals surface area contributed by atoms with Crippen LogP contribution in [0.25, 0.3) is 0 Å². The molecule has 0 aromatic heterocycles. The van der Waals surface area contributed by atoms with E-state index in [4.69, 9.17) is 19.5 Å². The summed E-state index contributed by atoms with van der Waals surface area (Å²) in [6, 6.07) is 4.26. The predicted molar refractivity (Wildman–Crippen MR) is 101 cm³/mol. The Morgan fingerprint density at radius 2 is 2.16 bits per heavy atom. The number of amides is 2. The molecule has 170 valence electrons. The van der Waals surface area contributed by atoms with Crippen LogP contribution in [0, 0.1) is 23.2 Å². The highest BCUT2D eigenvalue weighted by Crippen LogP contribution is 2.65. The van der Waals surface area contributed by atoms with Crippen LogP contribution in [0.5, 0.6) is 0 Å². The normalized spacial score (nSPS) is 37.2. The van der Waals surface area contributed by atoms with Gasteiger partial charge in [0, 0.05) is 24.4 Å². The number of benzene rings is 1. The van der Waals surface area contributed by atoms with E-state index >= 15 is 0 Å². The Hall–Kier alpha value is -2.84. The third-order valence-electron chi connectivity index (χ3n) is 7.31. The van der Waals surface area contributed by atoms with Crippen LogP contribution in [0.3, 0.4) is 0 Å². The molecular weight excluding hydrogens is 431 g/mol. The molecule has 2 amide bonds. The van der Waals surface area contributed by atoms with E-state index in [2.05, 4.69) is 5.32 Å². The van der Waals surface area contributed by atoms with E-state index in [9.17, 15) is 22.8 Å². The fourth-order valence-electron chi connectivity index (χ4n) is 6.04. The third-order valence-corrected chi connectivity index (χ3v) is 7.31. The maximum absolute atomic E-state index is 13.6. The van der Waals surface area contributed by atoms with E-state index < -0.39 is 64.6 Å². The van der Waals surface area contributed by atoms with E-state index in [1.54, 1.807) is 13.0 Å². The number of nitrogens with zero attached hydrogens (tertiary/aromatic N) is 2. The highest BCUT2D eigenvalue weighted by atomic mass is 19.4. The highest BCUT2D eigenvalue weighted by molar-refractivity contribution is 6.00. The average molecular weight is 451 g/mol. The Balaban J connectivity index is 1.57. The molecule has 0 aliphatic carbocycles. The molecule has 0 unspecified atom stereocenters. The number of anilines is 1. The fraction of sp³-hybridized carbons (Fsp3) is 0.571. The topological polar surface area (TPSA) is 101 Å². The van der Waals surface area contributed by atoms with Gasteiger partial charge in [-0.15, -0.1) is 0 Å². The number of nitrogens with one attached hydrogen (secondary N) is 1. The molecule has 1 N–H and O–H groups in total. The Labute approximate surface area is 181 Å². The summed E-state index contributed by atoms with van der Waals surface area (Å²) in [5, 5.41) is 11.8. The molecule has 32 heavy (non-hydrogen) atoms. The van der Waals surface area contributed by atoms with Crippen molar-refractivity contribution in [2.45, 2.75) is 49.4 Å². The molecule has 11 heteroatoms. The first-order chi connectivity index (χ1) is 15.1. The molecule has 0 saturated carbocycles. The van der Waals surface area contributed by atoms with Gasteiger partial charge in [0.2, 0.25) is 5.91 Å². The zero-order valence-electron chi connectivity index (χ0n) is 17.2. The fourth-order valence-corrected chi connectivity index (χ4v) is 6.04. The number of fused-ring (bicyclic) bond motifs is 2. The number of carbonyl (C=O) groups is 2. The summed E-state index contributed by atoms with van der Waals surface area (Å²) in [6.45, 7) is 1.99. The Kier molecular flexibility index (Phi) is 4.33. The van der Waals surface area contributed by atoms with Gasteiger partial charge in [0.1, 0.15) is 6.23 Å². The van der Waals surface area contributed by atoms with Crippen molar-refractivity contribution in [2.24, 2.45) is 11.8 Å². The second kappa shape index (κ2) is 6.59. The molecule has 8 nitrogen and oxygen atoms in total. The molecular formula is C21H20F3N3O5. The first kappa shape index (κ1) is 21.0. The van der Waals surface area contributed by atoms with Gasteiger partial charge in [-0.3, -0.25) is 9.69 Å². The minimum atomic E-state index is -4.75. The summed E-state index contributed by atoms with van der Waals surface area (Å²) in [5.74, 6) is -1.54. The lowest BCUT2D eigenvalue weighted by molar-refractivity contribution is -0.141. The lowest BCUT2D eigenvalue weighted by Crippen LogP contribution is -2.57. The van der Waals surface area contributed by atoms with Crippen molar-refractivity contribution in [1.82, 2.24) is 5.32 Å². The number of carbonyl (C=O) groups excluding carboxylic acids is 2. The molecule has 2 bridgehead atoms. The molecule has 1 aromatic rings. The molecule has 4 heterocycles. The number of hydrogen-bond acceptors (Lipinski definition) is 6. The van der Waals surface area contributed by atoms with Gasteiger partial charge in [-0.05, 0) is 25.1 Å². The largest absolute Gasteiger partial charge is 0.453 e. The number of halogens is 3. The molecule has 1 aromatic carbocycles. The first-order valence-electron chi connectivity index (χ1n) is 10.2. The molecule has 4 aliphatic heterocycles. The molecule has 5 rings (SSSR count). The quantitative estimate of drug-likeness (QED) is 0.742. The lowest BCUT2D eigenvalue weighted by Gasteiger charge is -2.42. The van der Waals surface area contributed by atoms with E-state index in [-0.39, 0.29) is 12.3 Å². The second-order valence-corrected chi connectivity index (χ2v) is 8.81. The van der Waals surface area contributed by atoms with E-state index in [1.165, 1.54) is 18.1 Å². The van der Waals surface area contributed by atoms with Crippen LogP contribution in [-0.2, 0) is 25.2 Å². The summed E-state index contributed by atoms with van der Waals surface area (Å²) in [7, 11) is 1.24. The summed E-state index contributed by atoms with van der Waals surface area (Å²) < 4.78 is 57.6. The second-order valence-electron chi connectivity index (χ2n) is 8.81. The summed E-state index contributed by atoms with van der Waals surface area (Å²) in [5.41, 5.74) is -3.41. The van der Waals surface area contributed by atoms with Crippen LogP contribution < -0.4 is 10.2 Å². The van der Waals surface area contributed by atoms with E-state index in [0.717, 1.165) is 12.1 Å². The van der Waals surface area contributed by atoms with Crippen LogP contribution in [-0.4, -0.2) is 49.2 Å². The Morgan fingerprint density at radius 3 is 2.81 bits per heavy atom. The average Bonchev–Trinajstić information content (AvgIpc) is 3.30. The Morgan fingerprint density at radius 1 is 1.41 bits per heavy atom. The van der Waals surface area contributed by atoms with Crippen molar-refractivity contribution < 1.29 is 37.0 Å². The predicted octanol–water partition coefficient (Wildman–Crippen LogP) is 2.56. The van der Waals surface area contributed by atoms with Gasteiger partial charge >= 0.3 is 12.3 Å². The summed E-state index contributed by atoms with van der Waals surface area (Å²) in [6.07, 6.45) is -5.24. The zero-order chi connectivity index (χ0) is 23.1. The monoisotopic (exact) mass is 451 g/mol. The lowest BCUT2D eigenvalue weighted by atomic mass is 9.64. The number of alkyl halides is 3. The number of alkyl carbamates (subject to hydrolysis) is 1. The summed E-state index contributed by atoms with van der Waals surface area (Å²) in [4.78, 5) is 26.7. The van der Waals surface area contributed by atoms with Crippen LogP contribution in [0.15, 0.2) is 18.2 Å².